The van der Waals surface area contributed by atoms with Crippen molar-refractivity contribution in [3.8, 4) is 5.75 Å². The highest BCUT2D eigenvalue weighted by molar-refractivity contribution is 7.79. The Kier molecular flexibility index (Phi) is 8.62. The first-order valence-corrected chi connectivity index (χ1v) is 9.01. The smallest absolute Gasteiger partial charge is 0.122 e. The van der Waals surface area contributed by atoms with Crippen molar-refractivity contribution in [3.05, 3.63) is 29.8 Å². The molecule has 0 fully saturated rings. The molecule has 0 bridgehead atoms. The Labute approximate surface area is 131 Å². The fraction of sp³-hybridized carbons (Fsp3) is 0.647. The number of hydrogen-bond acceptors (Lipinski definition) is 3. The van der Waals surface area contributed by atoms with Crippen LogP contribution in [0.4, 0.5) is 0 Å². The molecule has 0 radical (unpaired) electrons. The predicted octanol–water partition coefficient (Wildman–Crippen LogP) is 4.09. The van der Waals surface area contributed by atoms with Gasteiger partial charge in [0.05, 0.1) is 6.61 Å². The summed E-state index contributed by atoms with van der Waals surface area (Å²) in [5, 5.41) is -0.223. The molecule has 0 heterocycles. The summed E-state index contributed by atoms with van der Waals surface area (Å²) in [6.45, 7) is 6.83. The van der Waals surface area contributed by atoms with Crippen molar-refractivity contribution in [2.75, 3.05) is 6.61 Å². The molecule has 3 nitrogen and oxygen atoms in total. The third kappa shape index (κ3) is 6.62. The van der Waals surface area contributed by atoms with Gasteiger partial charge >= 0.3 is 0 Å². The minimum atomic E-state index is -1.97. The van der Waals surface area contributed by atoms with Gasteiger partial charge in [-0.3, -0.25) is 4.21 Å². The first-order valence-electron chi connectivity index (χ1n) is 7.87. The lowest BCUT2D eigenvalue weighted by Crippen LogP contribution is -2.19. The predicted molar refractivity (Wildman–Crippen MR) is 87.3 cm³/mol. The van der Waals surface area contributed by atoms with E-state index in [-0.39, 0.29) is 5.25 Å². The molecular weight excluding hydrogens is 284 g/mol. The van der Waals surface area contributed by atoms with Gasteiger partial charge in [-0.2, -0.15) is 0 Å². The summed E-state index contributed by atoms with van der Waals surface area (Å²) in [6.07, 6.45) is 4.35. The first kappa shape index (κ1) is 18.2. The molecule has 0 N–H and O–H groups in total. The molecule has 0 saturated carbocycles. The zero-order chi connectivity index (χ0) is 15.7. The second-order valence-corrected chi connectivity index (χ2v) is 6.80. The normalized spacial score (nSPS) is 15.4. The molecule has 0 aliphatic carbocycles. The van der Waals surface area contributed by atoms with Gasteiger partial charge in [0.25, 0.3) is 0 Å². The van der Waals surface area contributed by atoms with E-state index in [4.69, 9.17) is 4.74 Å². The minimum absolute atomic E-state index is 0.223. The monoisotopic (exact) mass is 311 g/mol. The molecule has 0 saturated heterocycles. The van der Waals surface area contributed by atoms with E-state index in [1.54, 1.807) is 0 Å². The highest BCUT2D eigenvalue weighted by Gasteiger charge is 2.15. The van der Waals surface area contributed by atoms with Crippen molar-refractivity contribution >= 4 is 11.1 Å². The summed E-state index contributed by atoms with van der Waals surface area (Å²) < 4.78 is 28.3. The molecule has 0 aliphatic rings. The maximum absolute atomic E-state index is 11.3. The molecule has 4 heteroatoms. The van der Waals surface area contributed by atoms with Crippen LogP contribution in [0.25, 0.3) is 0 Å². The van der Waals surface area contributed by atoms with Gasteiger partial charge in [-0.25, -0.2) is 0 Å². The Hall–Kier alpha value is -0.870. The summed E-state index contributed by atoms with van der Waals surface area (Å²) in [7, 11) is 0. The maximum atomic E-state index is 11.3. The summed E-state index contributed by atoms with van der Waals surface area (Å²) in [5.41, 5.74) is 1.16. The van der Waals surface area contributed by atoms with Crippen LogP contribution in [-0.2, 0) is 17.5 Å². The fourth-order valence-electron chi connectivity index (χ4n) is 2.60. The number of para-hydroxylation sites is 1. The van der Waals surface area contributed by atoms with Crippen molar-refractivity contribution in [2.45, 2.75) is 58.1 Å². The summed E-state index contributed by atoms with van der Waals surface area (Å²) in [5.74, 6) is 1.24. The zero-order valence-corrected chi connectivity index (χ0v) is 14.2. The van der Waals surface area contributed by atoms with Crippen LogP contribution in [0.15, 0.2) is 24.3 Å². The summed E-state index contributed by atoms with van der Waals surface area (Å²) >= 11 is -1.97. The Bertz CT molecular complexity index is 434. The number of unbranched alkanes of at least 4 members (excludes halogenated alkanes) is 1. The van der Waals surface area contributed by atoms with E-state index in [9.17, 15) is 8.76 Å². The Morgan fingerprint density at radius 1 is 1.29 bits per heavy atom. The van der Waals surface area contributed by atoms with E-state index in [2.05, 4.69) is 19.9 Å². The van der Waals surface area contributed by atoms with E-state index >= 15 is 0 Å². The molecule has 21 heavy (non-hydrogen) atoms. The van der Waals surface area contributed by atoms with Gasteiger partial charge in [-0.1, -0.05) is 56.0 Å². The van der Waals surface area contributed by atoms with Gasteiger partial charge in [0.1, 0.15) is 5.75 Å². The van der Waals surface area contributed by atoms with Gasteiger partial charge in [0.15, 0.2) is 0 Å². The second-order valence-electron chi connectivity index (χ2n) is 5.61. The van der Waals surface area contributed by atoms with E-state index < -0.39 is 11.1 Å². The number of hydrogen-bond donors (Lipinski definition) is 0. The van der Waals surface area contributed by atoms with Crippen LogP contribution in [0.3, 0.4) is 0 Å². The lowest BCUT2D eigenvalue weighted by Gasteiger charge is -2.23. The summed E-state index contributed by atoms with van der Waals surface area (Å²) in [6, 6.07) is 8.02. The van der Waals surface area contributed by atoms with Crippen molar-refractivity contribution in [2.24, 2.45) is 5.92 Å². The van der Waals surface area contributed by atoms with Crippen molar-refractivity contribution < 1.29 is 13.5 Å². The van der Waals surface area contributed by atoms with Crippen molar-refractivity contribution in [3.63, 3.8) is 0 Å². The highest BCUT2D eigenvalue weighted by Crippen LogP contribution is 2.25. The highest BCUT2D eigenvalue weighted by atomic mass is 32.2. The lowest BCUT2D eigenvalue weighted by molar-refractivity contribution is 0.333. The average Bonchev–Trinajstić information content (AvgIpc) is 2.45. The standard InChI is InChI=1S/C17H28O3S/c1-4-6-10-16(21(18)19)13-14(3)12-15-9-7-8-11-17(15)20-5-2/h7-9,11,14,16H,4-6,10,12-13H2,1-3H3,(H,18,19)/p-1. The average molecular weight is 311 g/mol. The number of ether oxygens (including phenoxy) is 1. The minimum Gasteiger partial charge on any atom is -0.772 e. The van der Waals surface area contributed by atoms with Gasteiger partial charge in [-0.05, 0) is 43.7 Å². The van der Waals surface area contributed by atoms with Crippen LogP contribution >= 0.6 is 0 Å². The molecule has 3 unspecified atom stereocenters. The maximum Gasteiger partial charge on any atom is 0.122 e. The molecule has 0 amide bonds. The molecule has 0 aromatic heterocycles. The van der Waals surface area contributed by atoms with Crippen molar-refractivity contribution in [1.82, 2.24) is 0 Å². The Morgan fingerprint density at radius 2 is 2.00 bits per heavy atom. The quantitative estimate of drug-likeness (QED) is 0.611. The van der Waals surface area contributed by atoms with Gasteiger partial charge < -0.3 is 9.29 Å². The van der Waals surface area contributed by atoms with E-state index in [0.717, 1.165) is 43.4 Å². The number of benzene rings is 1. The zero-order valence-electron chi connectivity index (χ0n) is 13.3. The van der Waals surface area contributed by atoms with Gasteiger partial charge in [-0.15, -0.1) is 0 Å². The molecule has 0 aliphatic heterocycles. The van der Waals surface area contributed by atoms with Crippen LogP contribution < -0.4 is 4.74 Å². The Morgan fingerprint density at radius 3 is 2.62 bits per heavy atom. The van der Waals surface area contributed by atoms with Gasteiger partial charge in [0, 0.05) is 5.25 Å². The van der Waals surface area contributed by atoms with Crippen LogP contribution in [0.1, 0.15) is 52.0 Å². The molecule has 1 rings (SSSR count). The molecule has 0 spiro atoms. The molecule has 1 aromatic rings. The largest absolute Gasteiger partial charge is 0.772 e. The van der Waals surface area contributed by atoms with Crippen LogP contribution in [-0.4, -0.2) is 20.6 Å². The lowest BCUT2D eigenvalue weighted by atomic mass is 9.94. The molecule has 120 valence electrons. The molecule has 3 atom stereocenters. The number of rotatable bonds is 10. The van der Waals surface area contributed by atoms with Crippen LogP contribution in [0.2, 0.25) is 0 Å². The van der Waals surface area contributed by atoms with Crippen LogP contribution in [0, 0.1) is 5.92 Å². The SMILES string of the molecule is CCCCC(CC(C)Cc1ccccc1OCC)S(=O)[O-]. The Balaban J connectivity index is 2.63. The van der Waals surface area contributed by atoms with E-state index in [1.165, 1.54) is 0 Å². The van der Waals surface area contributed by atoms with Crippen LogP contribution in [0.5, 0.6) is 5.75 Å². The molecular formula is C17H27O3S-. The first-order chi connectivity index (χ1) is 10.1. The van der Waals surface area contributed by atoms with Crippen molar-refractivity contribution in [1.29, 1.82) is 0 Å². The van der Waals surface area contributed by atoms with E-state index in [0.29, 0.717) is 12.5 Å². The van der Waals surface area contributed by atoms with E-state index in [1.807, 2.05) is 25.1 Å². The third-order valence-corrected chi connectivity index (χ3v) is 4.63. The second kappa shape index (κ2) is 9.96. The topological polar surface area (TPSA) is 49.4 Å². The fourth-order valence-corrected chi connectivity index (χ4v) is 3.45. The van der Waals surface area contributed by atoms with Gasteiger partial charge in [0.2, 0.25) is 0 Å². The third-order valence-electron chi connectivity index (χ3n) is 3.66. The summed E-state index contributed by atoms with van der Waals surface area (Å²) in [4.78, 5) is 0. The molecule has 1 aromatic carbocycles.